The van der Waals surface area contributed by atoms with Gasteiger partial charge in [-0.3, -0.25) is 4.79 Å². The van der Waals surface area contributed by atoms with Crippen molar-refractivity contribution in [2.24, 2.45) is 10.8 Å². The number of hydrogen-bond acceptors (Lipinski definition) is 4. The minimum absolute atomic E-state index is 0.207. The molecule has 0 atom stereocenters. The van der Waals surface area contributed by atoms with Crippen LogP contribution in [0.25, 0.3) is 0 Å². The summed E-state index contributed by atoms with van der Waals surface area (Å²) in [5.74, 6) is -0.207. The fourth-order valence-corrected chi connectivity index (χ4v) is 4.74. The largest absolute Gasteiger partial charge is 0.396 e. The summed E-state index contributed by atoms with van der Waals surface area (Å²) in [5.41, 5.74) is -0.0588. The van der Waals surface area contributed by atoms with Crippen LogP contribution in [0, 0.1) is 10.8 Å². The maximum atomic E-state index is 12.4. The van der Waals surface area contributed by atoms with E-state index in [1.165, 1.54) is 77.7 Å². The molecule has 6 heteroatoms. The summed E-state index contributed by atoms with van der Waals surface area (Å²) in [7, 11) is -2.05. The van der Waals surface area contributed by atoms with Gasteiger partial charge in [0.05, 0.1) is 11.7 Å². The van der Waals surface area contributed by atoms with Crippen molar-refractivity contribution in [3.05, 3.63) is 0 Å². The molecule has 0 unspecified atom stereocenters. The summed E-state index contributed by atoms with van der Waals surface area (Å²) in [6.07, 6.45) is 19.7. The van der Waals surface area contributed by atoms with Crippen molar-refractivity contribution in [2.75, 3.05) is 19.9 Å². The van der Waals surface area contributed by atoms with E-state index in [1.807, 2.05) is 0 Å². The van der Waals surface area contributed by atoms with Crippen LogP contribution in [0.15, 0.2) is 0 Å². The Morgan fingerprint density at radius 2 is 1.25 bits per heavy atom. The molecule has 0 heterocycles. The average Bonchev–Trinajstić information content (AvgIpc) is 3.57. The predicted molar refractivity (Wildman–Crippen MR) is 113 cm³/mol. The Balaban J connectivity index is 1.41. The van der Waals surface area contributed by atoms with E-state index >= 15 is 0 Å². The van der Waals surface area contributed by atoms with Gasteiger partial charge in [0.15, 0.2) is 0 Å². The zero-order valence-corrected chi connectivity index (χ0v) is 18.9. The topological polar surface area (TPSA) is 74.7 Å². The molecule has 2 aliphatic carbocycles. The molecule has 28 heavy (non-hydrogen) atoms. The first-order chi connectivity index (χ1) is 13.2. The lowest BCUT2D eigenvalue weighted by molar-refractivity contribution is -0.131. The van der Waals surface area contributed by atoms with Gasteiger partial charge in [0.25, 0.3) is 0 Å². The lowest BCUT2D eigenvalue weighted by Gasteiger charge is -2.21. The number of aliphatic hydroxyl groups is 1. The number of rotatable bonds is 16. The first-order valence-electron chi connectivity index (χ1n) is 11.3. The van der Waals surface area contributed by atoms with Crippen LogP contribution < -0.4 is 0 Å². The number of nitrogens with zero attached hydrogens (tertiary/aromatic N) is 1. The van der Waals surface area contributed by atoms with Crippen LogP contribution in [-0.4, -0.2) is 43.6 Å². The smallest absolute Gasteiger partial charge is 0.241 e. The Bertz CT molecular complexity index is 594. The van der Waals surface area contributed by atoms with Gasteiger partial charge >= 0.3 is 0 Å². The molecule has 1 amide bonds. The third-order valence-corrected chi connectivity index (χ3v) is 8.16. The van der Waals surface area contributed by atoms with Gasteiger partial charge in [-0.15, -0.1) is 0 Å². The summed E-state index contributed by atoms with van der Waals surface area (Å²) in [6.45, 7) is 0.386. The number of carbonyl (C=O) groups excluding carboxylic acids is 1. The van der Waals surface area contributed by atoms with Crippen LogP contribution in [0.2, 0.25) is 0 Å². The van der Waals surface area contributed by atoms with E-state index in [0.29, 0.717) is 12.0 Å². The van der Waals surface area contributed by atoms with Crippen molar-refractivity contribution in [2.45, 2.75) is 103 Å². The van der Waals surface area contributed by atoms with Crippen molar-refractivity contribution in [3.8, 4) is 0 Å². The lowest BCUT2D eigenvalue weighted by atomic mass is 9.96. The molecule has 0 saturated heterocycles. The van der Waals surface area contributed by atoms with Gasteiger partial charge in [0, 0.05) is 13.7 Å². The van der Waals surface area contributed by atoms with Crippen LogP contribution >= 0.6 is 0 Å². The van der Waals surface area contributed by atoms with Crippen LogP contribution in [0.1, 0.15) is 103 Å². The first kappa shape index (κ1) is 23.7. The average molecular weight is 416 g/mol. The molecule has 0 aromatic heterocycles. The Hall–Kier alpha value is -0.620. The number of unbranched alkanes of at least 4 members (excludes halogenated alkanes) is 9. The summed E-state index contributed by atoms with van der Waals surface area (Å²) < 4.78 is 24.1. The Morgan fingerprint density at radius 3 is 1.61 bits per heavy atom. The highest BCUT2D eigenvalue weighted by Gasteiger charge is 2.51. The monoisotopic (exact) mass is 415 g/mol. The van der Waals surface area contributed by atoms with Gasteiger partial charge < -0.3 is 5.11 Å². The standard InChI is InChI=1S/C22H41NO4S/c1-23(28(2,26)27)20(25)22(17-18-22)14-12-10-8-6-4-3-5-7-9-11-13-21(19-24)15-16-21/h24H,3-19H2,1-2H3. The highest BCUT2D eigenvalue weighted by atomic mass is 32.2. The van der Waals surface area contributed by atoms with Crippen molar-refractivity contribution >= 4 is 15.9 Å². The molecule has 5 nitrogen and oxygen atoms in total. The molecule has 2 aliphatic rings. The SMILES string of the molecule is CN(C(=O)C1(CCCCCCCCCCCCC2(CO)CC2)CC1)S(C)(=O)=O. The number of hydrogen-bond donors (Lipinski definition) is 1. The van der Waals surface area contributed by atoms with E-state index < -0.39 is 10.0 Å². The quantitative estimate of drug-likeness (QED) is 0.373. The van der Waals surface area contributed by atoms with E-state index in [1.54, 1.807) is 0 Å². The van der Waals surface area contributed by atoms with E-state index in [-0.39, 0.29) is 11.3 Å². The van der Waals surface area contributed by atoms with Gasteiger partial charge in [0.1, 0.15) is 0 Å². The van der Waals surface area contributed by atoms with Gasteiger partial charge in [0.2, 0.25) is 15.9 Å². The zero-order chi connectivity index (χ0) is 20.7. The van der Waals surface area contributed by atoms with Gasteiger partial charge in [-0.05, 0) is 43.9 Å². The summed E-state index contributed by atoms with van der Waals surface area (Å²) in [4.78, 5) is 12.4. The summed E-state index contributed by atoms with van der Waals surface area (Å²) >= 11 is 0. The van der Waals surface area contributed by atoms with Gasteiger partial charge in [-0.1, -0.05) is 64.2 Å². The van der Waals surface area contributed by atoms with E-state index in [0.717, 1.165) is 42.7 Å². The zero-order valence-electron chi connectivity index (χ0n) is 18.0. The van der Waals surface area contributed by atoms with Crippen LogP contribution in [0.5, 0.6) is 0 Å². The third-order valence-electron chi connectivity index (χ3n) is 7.00. The number of amides is 1. The lowest BCUT2D eigenvalue weighted by Crippen LogP contribution is -2.38. The van der Waals surface area contributed by atoms with Crippen LogP contribution in [-0.2, 0) is 14.8 Å². The van der Waals surface area contributed by atoms with Crippen LogP contribution in [0.3, 0.4) is 0 Å². The number of carbonyl (C=O) groups is 1. The van der Waals surface area contributed by atoms with E-state index in [2.05, 4.69) is 0 Å². The van der Waals surface area contributed by atoms with Crippen LogP contribution in [0.4, 0.5) is 0 Å². The fourth-order valence-electron chi connectivity index (χ4n) is 4.25. The summed E-state index contributed by atoms with van der Waals surface area (Å²) in [5, 5.41) is 9.31. The molecular formula is C22H41NO4S. The minimum Gasteiger partial charge on any atom is -0.396 e. The highest BCUT2D eigenvalue weighted by Crippen LogP contribution is 2.51. The molecule has 1 N–H and O–H groups in total. The predicted octanol–water partition coefficient (Wildman–Crippen LogP) is 4.64. The molecule has 2 fully saturated rings. The molecule has 2 saturated carbocycles. The van der Waals surface area contributed by atoms with E-state index in [9.17, 15) is 18.3 Å². The molecule has 2 rings (SSSR count). The maximum Gasteiger partial charge on any atom is 0.241 e. The molecule has 0 spiro atoms. The van der Waals surface area contributed by atoms with Crippen molar-refractivity contribution in [3.63, 3.8) is 0 Å². The van der Waals surface area contributed by atoms with Crippen molar-refractivity contribution in [1.29, 1.82) is 0 Å². The third kappa shape index (κ3) is 7.33. The Morgan fingerprint density at radius 1 is 0.821 bits per heavy atom. The highest BCUT2D eigenvalue weighted by molar-refractivity contribution is 7.88. The second kappa shape index (κ2) is 10.4. The molecule has 0 radical (unpaired) electrons. The molecular weight excluding hydrogens is 374 g/mol. The molecule has 0 aromatic rings. The maximum absolute atomic E-state index is 12.4. The summed E-state index contributed by atoms with van der Waals surface area (Å²) in [6, 6.07) is 0. The normalized spacial score (nSPS) is 19.4. The number of aliphatic hydroxyl groups excluding tert-OH is 1. The van der Waals surface area contributed by atoms with Gasteiger partial charge in [-0.25, -0.2) is 12.7 Å². The molecule has 0 aromatic carbocycles. The second-order valence-electron chi connectivity index (χ2n) is 9.51. The molecule has 0 bridgehead atoms. The Kier molecular flexibility index (Phi) is 8.80. The van der Waals surface area contributed by atoms with E-state index in [4.69, 9.17) is 0 Å². The number of sulfonamides is 1. The fraction of sp³-hybridized carbons (Fsp3) is 0.955. The molecule has 0 aliphatic heterocycles. The first-order valence-corrected chi connectivity index (χ1v) is 13.2. The Labute approximate surface area is 172 Å². The van der Waals surface area contributed by atoms with Crippen molar-refractivity contribution < 1.29 is 18.3 Å². The minimum atomic E-state index is -3.43. The van der Waals surface area contributed by atoms with Gasteiger partial charge in [-0.2, -0.15) is 0 Å². The second-order valence-corrected chi connectivity index (χ2v) is 11.5. The van der Waals surface area contributed by atoms with Crippen molar-refractivity contribution in [1.82, 2.24) is 4.31 Å². The molecule has 164 valence electrons.